The van der Waals surface area contributed by atoms with Gasteiger partial charge in [-0.25, -0.2) is 9.18 Å². The van der Waals surface area contributed by atoms with Crippen molar-refractivity contribution in [1.82, 2.24) is 9.55 Å². The SMILES string of the molecule is N#Cc1cccc(NC(=O)Cn2c(=O)[nH]c3cc(F)ccc32)c1. The lowest BCUT2D eigenvalue weighted by atomic mass is 10.2. The molecule has 0 fully saturated rings. The number of aromatic nitrogens is 2. The second-order valence-corrected chi connectivity index (χ2v) is 4.92. The lowest BCUT2D eigenvalue weighted by Gasteiger charge is -2.06. The average Bonchev–Trinajstić information content (AvgIpc) is 2.82. The lowest BCUT2D eigenvalue weighted by Crippen LogP contribution is -2.25. The van der Waals surface area contributed by atoms with Gasteiger partial charge in [0.05, 0.1) is 22.7 Å². The number of nitriles is 1. The largest absolute Gasteiger partial charge is 0.326 e. The van der Waals surface area contributed by atoms with Gasteiger partial charge in [0, 0.05) is 5.69 Å². The van der Waals surface area contributed by atoms with Gasteiger partial charge < -0.3 is 10.3 Å². The average molecular weight is 310 g/mol. The van der Waals surface area contributed by atoms with Gasteiger partial charge >= 0.3 is 5.69 Å². The van der Waals surface area contributed by atoms with E-state index in [0.29, 0.717) is 22.3 Å². The number of anilines is 1. The molecule has 0 atom stereocenters. The van der Waals surface area contributed by atoms with Gasteiger partial charge in [0.1, 0.15) is 12.4 Å². The number of nitrogens with zero attached hydrogens (tertiary/aromatic N) is 2. The molecule has 6 nitrogen and oxygen atoms in total. The first-order chi connectivity index (χ1) is 11.1. The molecule has 0 unspecified atom stereocenters. The van der Waals surface area contributed by atoms with Gasteiger partial charge in [-0.1, -0.05) is 6.07 Å². The fourth-order valence-corrected chi connectivity index (χ4v) is 2.30. The zero-order valence-electron chi connectivity index (χ0n) is 11.8. The van der Waals surface area contributed by atoms with Crippen LogP contribution in [0.2, 0.25) is 0 Å². The summed E-state index contributed by atoms with van der Waals surface area (Å²) < 4.78 is 14.4. The van der Waals surface area contributed by atoms with Crippen LogP contribution in [-0.4, -0.2) is 15.5 Å². The van der Waals surface area contributed by atoms with Crippen molar-refractivity contribution in [2.75, 3.05) is 5.32 Å². The Morgan fingerprint density at radius 3 is 2.91 bits per heavy atom. The predicted octanol–water partition coefficient (Wildman–Crippen LogP) is 1.98. The summed E-state index contributed by atoms with van der Waals surface area (Å²) in [7, 11) is 0. The zero-order chi connectivity index (χ0) is 16.4. The summed E-state index contributed by atoms with van der Waals surface area (Å²) in [4.78, 5) is 26.5. The van der Waals surface area contributed by atoms with Gasteiger partial charge in [-0.2, -0.15) is 5.26 Å². The second-order valence-electron chi connectivity index (χ2n) is 4.92. The van der Waals surface area contributed by atoms with Crippen LogP contribution < -0.4 is 11.0 Å². The van der Waals surface area contributed by atoms with E-state index in [1.54, 1.807) is 18.2 Å². The van der Waals surface area contributed by atoms with Crippen LogP contribution in [0.15, 0.2) is 47.3 Å². The molecular weight excluding hydrogens is 299 g/mol. The Morgan fingerprint density at radius 1 is 1.30 bits per heavy atom. The van der Waals surface area contributed by atoms with Crippen molar-refractivity contribution in [2.45, 2.75) is 6.54 Å². The molecule has 2 N–H and O–H groups in total. The standard InChI is InChI=1S/C16H11FN4O2/c17-11-4-5-14-13(7-11)20-16(23)21(14)9-15(22)19-12-3-1-2-10(6-12)8-18/h1-7H,9H2,(H,19,22)(H,20,23). The molecule has 114 valence electrons. The van der Waals surface area contributed by atoms with Gasteiger partial charge in [-0.3, -0.25) is 9.36 Å². The van der Waals surface area contributed by atoms with Gasteiger partial charge in [-0.05, 0) is 36.4 Å². The normalized spacial score (nSPS) is 10.4. The fourth-order valence-electron chi connectivity index (χ4n) is 2.30. The summed E-state index contributed by atoms with van der Waals surface area (Å²) in [6.45, 7) is -0.221. The predicted molar refractivity (Wildman–Crippen MR) is 82.3 cm³/mol. The molecule has 1 amide bonds. The number of carbonyl (C=O) groups is 1. The van der Waals surface area contributed by atoms with Gasteiger partial charge in [-0.15, -0.1) is 0 Å². The molecule has 0 aliphatic carbocycles. The number of nitrogens with one attached hydrogen (secondary N) is 2. The molecule has 2 aromatic carbocycles. The number of benzene rings is 2. The van der Waals surface area contributed by atoms with Crippen molar-refractivity contribution in [3.05, 3.63) is 64.3 Å². The van der Waals surface area contributed by atoms with Crippen molar-refractivity contribution in [3.63, 3.8) is 0 Å². The summed E-state index contributed by atoms with van der Waals surface area (Å²) in [5.74, 6) is -0.893. The van der Waals surface area contributed by atoms with Crippen LogP contribution in [-0.2, 0) is 11.3 Å². The molecule has 0 radical (unpaired) electrons. The van der Waals surface area contributed by atoms with Crippen LogP contribution in [0.5, 0.6) is 0 Å². The Labute approximate surface area is 129 Å². The molecule has 3 aromatic rings. The molecule has 0 saturated carbocycles. The Hall–Kier alpha value is -3.40. The number of halogens is 1. The van der Waals surface area contributed by atoms with Crippen molar-refractivity contribution in [3.8, 4) is 6.07 Å². The van der Waals surface area contributed by atoms with Crippen LogP contribution in [0.1, 0.15) is 5.56 Å². The number of aromatic amines is 1. The van der Waals surface area contributed by atoms with E-state index in [0.717, 1.165) is 0 Å². The van der Waals surface area contributed by atoms with Gasteiger partial charge in [0.15, 0.2) is 0 Å². The molecule has 0 saturated heterocycles. The number of rotatable bonds is 3. The molecule has 7 heteroatoms. The molecule has 0 bridgehead atoms. The van der Waals surface area contributed by atoms with E-state index in [4.69, 9.17) is 5.26 Å². The maximum Gasteiger partial charge on any atom is 0.326 e. The maximum absolute atomic E-state index is 13.2. The summed E-state index contributed by atoms with van der Waals surface area (Å²) in [6.07, 6.45) is 0. The fraction of sp³-hybridized carbons (Fsp3) is 0.0625. The first-order valence-electron chi connectivity index (χ1n) is 6.75. The molecule has 1 heterocycles. The number of carbonyl (C=O) groups excluding carboxylic acids is 1. The summed E-state index contributed by atoms with van der Waals surface area (Å²) in [5, 5.41) is 11.5. The quantitative estimate of drug-likeness (QED) is 0.775. The molecule has 23 heavy (non-hydrogen) atoms. The maximum atomic E-state index is 13.2. The van der Waals surface area contributed by atoms with Crippen LogP contribution in [0.4, 0.5) is 10.1 Å². The number of fused-ring (bicyclic) bond motifs is 1. The third-order valence-corrected chi connectivity index (χ3v) is 3.31. The highest BCUT2D eigenvalue weighted by molar-refractivity contribution is 5.91. The van der Waals surface area contributed by atoms with Crippen LogP contribution in [0.25, 0.3) is 11.0 Å². The highest BCUT2D eigenvalue weighted by Gasteiger charge is 2.11. The third-order valence-electron chi connectivity index (χ3n) is 3.31. The van der Waals surface area contributed by atoms with E-state index in [1.165, 1.54) is 28.8 Å². The number of imidazole rings is 1. The Bertz CT molecular complexity index is 997. The van der Waals surface area contributed by atoms with Crippen molar-refractivity contribution in [1.29, 1.82) is 5.26 Å². The van der Waals surface area contributed by atoms with Crippen LogP contribution in [0, 0.1) is 17.1 Å². The molecule has 3 rings (SSSR count). The molecule has 0 spiro atoms. The van der Waals surface area contributed by atoms with E-state index in [-0.39, 0.29) is 6.54 Å². The first-order valence-corrected chi connectivity index (χ1v) is 6.75. The minimum absolute atomic E-state index is 0.221. The Kier molecular flexibility index (Phi) is 3.65. The molecule has 0 aliphatic heterocycles. The minimum atomic E-state index is -0.494. The van der Waals surface area contributed by atoms with Crippen molar-refractivity contribution in [2.24, 2.45) is 0 Å². The summed E-state index contributed by atoms with van der Waals surface area (Å²) in [6, 6.07) is 12.3. The summed E-state index contributed by atoms with van der Waals surface area (Å²) in [5.41, 5.74) is 1.16. The highest BCUT2D eigenvalue weighted by atomic mass is 19.1. The Balaban J connectivity index is 1.84. The smallest absolute Gasteiger partial charge is 0.324 e. The topological polar surface area (TPSA) is 90.7 Å². The number of hydrogen-bond donors (Lipinski definition) is 2. The zero-order valence-corrected chi connectivity index (χ0v) is 11.8. The van der Waals surface area contributed by atoms with Gasteiger partial charge in [0.2, 0.25) is 5.91 Å². The van der Waals surface area contributed by atoms with Crippen LogP contribution in [0.3, 0.4) is 0 Å². The second kappa shape index (κ2) is 5.77. The van der Waals surface area contributed by atoms with E-state index < -0.39 is 17.4 Å². The third kappa shape index (κ3) is 2.96. The first kappa shape index (κ1) is 14.5. The monoisotopic (exact) mass is 310 g/mol. The lowest BCUT2D eigenvalue weighted by molar-refractivity contribution is -0.116. The van der Waals surface area contributed by atoms with Crippen molar-refractivity contribution >= 4 is 22.6 Å². The van der Waals surface area contributed by atoms with Gasteiger partial charge in [0.25, 0.3) is 0 Å². The number of H-pyrrole nitrogens is 1. The molecule has 0 aliphatic rings. The number of amides is 1. The summed E-state index contributed by atoms with van der Waals surface area (Å²) >= 11 is 0. The van der Waals surface area contributed by atoms with E-state index in [2.05, 4.69) is 10.3 Å². The highest BCUT2D eigenvalue weighted by Crippen LogP contribution is 2.13. The van der Waals surface area contributed by atoms with E-state index in [1.807, 2.05) is 6.07 Å². The molecule has 1 aromatic heterocycles. The minimum Gasteiger partial charge on any atom is -0.324 e. The van der Waals surface area contributed by atoms with E-state index >= 15 is 0 Å². The van der Waals surface area contributed by atoms with Crippen LogP contribution >= 0.6 is 0 Å². The van der Waals surface area contributed by atoms with Crippen molar-refractivity contribution < 1.29 is 9.18 Å². The van der Waals surface area contributed by atoms with E-state index in [9.17, 15) is 14.0 Å². The number of hydrogen-bond acceptors (Lipinski definition) is 3. The molecular formula is C16H11FN4O2. The Morgan fingerprint density at radius 2 is 2.13 bits per heavy atom.